The predicted molar refractivity (Wildman–Crippen MR) is 63.5 cm³/mol. The van der Waals surface area contributed by atoms with Gasteiger partial charge >= 0.3 is 0 Å². The lowest BCUT2D eigenvalue weighted by atomic mass is 10.2. The maximum atomic E-state index is 11.4. The first-order valence-electron chi connectivity index (χ1n) is 5.77. The third-order valence-electron chi connectivity index (χ3n) is 2.04. The summed E-state index contributed by atoms with van der Waals surface area (Å²) in [6.07, 6.45) is 0.506. The van der Waals surface area contributed by atoms with E-state index in [2.05, 4.69) is 10.6 Å². The minimum absolute atomic E-state index is 0.0591. The van der Waals surface area contributed by atoms with Gasteiger partial charge in [-0.25, -0.2) is 0 Å². The Morgan fingerprint density at radius 3 is 2.69 bits per heavy atom. The number of rotatable bonds is 10. The molecule has 0 aliphatic heterocycles. The summed E-state index contributed by atoms with van der Waals surface area (Å²) in [6, 6.07) is 0.222. The summed E-state index contributed by atoms with van der Waals surface area (Å²) >= 11 is 0. The number of carbonyl (C=O) groups is 1. The number of carbonyl (C=O) groups excluding carboxylic acids is 1. The molecule has 0 saturated heterocycles. The van der Waals surface area contributed by atoms with E-state index in [1.54, 1.807) is 7.11 Å². The largest absolute Gasteiger partial charge is 0.382 e. The quantitative estimate of drug-likeness (QED) is 0.527. The van der Waals surface area contributed by atoms with Crippen LogP contribution in [0, 0.1) is 0 Å². The van der Waals surface area contributed by atoms with E-state index >= 15 is 0 Å². The van der Waals surface area contributed by atoms with Gasteiger partial charge in [-0.2, -0.15) is 0 Å². The summed E-state index contributed by atoms with van der Waals surface area (Å²) in [5.74, 6) is 0.0591. The van der Waals surface area contributed by atoms with E-state index < -0.39 is 0 Å². The highest BCUT2D eigenvalue weighted by Gasteiger charge is 2.06. The molecule has 0 aromatic rings. The van der Waals surface area contributed by atoms with Gasteiger partial charge in [0.05, 0.1) is 19.8 Å². The fourth-order valence-electron chi connectivity index (χ4n) is 1.28. The number of methoxy groups -OCH3 is 1. The average Bonchev–Trinajstić information content (AvgIpc) is 2.23. The zero-order valence-electron chi connectivity index (χ0n) is 10.5. The SMILES string of the molecule is CCNC(C)CC(=O)NCCOCCOC. The van der Waals surface area contributed by atoms with E-state index in [0.717, 1.165) is 6.54 Å². The van der Waals surface area contributed by atoms with Crippen molar-refractivity contribution in [2.45, 2.75) is 26.3 Å². The lowest BCUT2D eigenvalue weighted by Crippen LogP contribution is -2.35. The molecule has 0 saturated carbocycles. The molecule has 0 aromatic carbocycles. The number of hydrogen-bond donors (Lipinski definition) is 2. The smallest absolute Gasteiger partial charge is 0.221 e. The second kappa shape index (κ2) is 10.9. The Kier molecular flexibility index (Phi) is 10.4. The standard InChI is InChI=1S/C11H24N2O3/c1-4-12-10(2)9-11(14)13-5-6-16-8-7-15-3/h10,12H,4-9H2,1-3H3,(H,13,14). The molecule has 5 nitrogen and oxygen atoms in total. The van der Waals surface area contributed by atoms with Crippen molar-refractivity contribution in [2.75, 3.05) is 40.0 Å². The summed E-state index contributed by atoms with van der Waals surface area (Å²) in [4.78, 5) is 11.4. The van der Waals surface area contributed by atoms with Gasteiger partial charge in [0.25, 0.3) is 0 Å². The molecule has 1 unspecified atom stereocenters. The molecule has 5 heteroatoms. The molecule has 0 spiro atoms. The van der Waals surface area contributed by atoms with Gasteiger partial charge in [-0.3, -0.25) is 4.79 Å². The molecule has 2 N–H and O–H groups in total. The summed E-state index contributed by atoms with van der Waals surface area (Å²) < 4.78 is 10.0. The van der Waals surface area contributed by atoms with Crippen molar-refractivity contribution in [2.24, 2.45) is 0 Å². The maximum Gasteiger partial charge on any atom is 0.221 e. The van der Waals surface area contributed by atoms with Gasteiger partial charge in [0, 0.05) is 26.1 Å². The van der Waals surface area contributed by atoms with E-state index in [1.165, 1.54) is 0 Å². The lowest BCUT2D eigenvalue weighted by molar-refractivity contribution is -0.121. The van der Waals surface area contributed by atoms with Crippen LogP contribution in [-0.4, -0.2) is 52.0 Å². The Labute approximate surface area is 97.9 Å². The van der Waals surface area contributed by atoms with E-state index in [1.807, 2.05) is 13.8 Å². The highest BCUT2D eigenvalue weighted by molar-refractivity contribution is 5.76. The summed E-state index contributed by atoms with van der Waals surface area (Å²) in [7, 11) is 1.63. The predicted octanol–water partition coefficient (Wildman–Crippen LogP) is 0.154. The fraction of sp³-hybridized carbons (Fsp3) is 0.909. The molecule has 0 aliphatic carbocycles. The van der Waals surface area contributed by atoms with Crippen LogP contribution in [0.25, 0.3) is 0 Å². The molecule has 0 radical (unpaired) electrons. The highest BCUT2D eigenvalue weighted by Crippen LogP contribution is 1.89. The van der Waals surface area contributed by atoms with E-state index in [0.29, 0.717) is 32.8 Å². The normalized spacial score (nSPS) is 12.4. The van der Waals surface area contributed by atoms with Gasteiger partial charge in [-0.05, 0) is 13.5 Å². The second-order valence-electron chi connectivity index (χ2n) is 3.62. The van der Waals surface area contributed by atoms with Crippen LogP contribution in [0.3, 0.4) is 0 Å². The number of amides is 1. The summed E-state index contributed by atoms with van der Waals surface area (Å²) in [6.45, 7) is 7.16. The Hall–Kier alpha value is -0.650. The molecule has 0 aromatic heterocycles. The van der Waals surface area contributed by atoms with Crippen molar-refractivity contribution >= 4 is 5.91 Å². The fourth-order valence-corrected chi connectivity index (χ4v) is 1.28. The third kappa shape index (κ3) is 9.89. The zero-order valence-corrected chi connectivity index (χ0v) is 10.5. The van der Waals surface area contributed by atoms with Gasteiger partial charge in [0.2, 0.25) is 5.91 Å². The molecule has 0 heterocycles. The van der Waals surface area contributed by atoms with Gasteiger partial charge in [0.15, 0.2) is 0 Å². The van der Waals surface area contributed by atoms with Crippen LogP contribution >= 0.6 is 0 Å². The maximum absolute atomic E-state index is 11.4. The number of nitrogens with one attached hydrogen (secondary N) is 2. The van der Waals surface area contributed by atoms with Crippen LogP contribution < -0.4 is 10.6 Å². The van der Waals surface area contributed by atoms with Crippen LogP contribution in [-0.2, 0) is 14.3 Å². The lowest BCUT2D eigenvalue weighted by Gasteiger charge is -2.12. The first-order chi connectivity index (χ1) is 7.70. The molecule has 0 aliphatic rings. The van der Waals surface area contributed by atoms with Crippen molar-refractivity contribution in [3.63, 3.8) is 0 Å². The van der Waals surface area contributed by atoms with Gasteiger partial charge in [0.1, 0.15) is 0 Å². The minimum atomic E-state index is 0.0591. The third-order valence-corrected chi connectivity index (χ3v) is 2.04. The van der Waals surface area contributed by atoms with Crippen molar-refractivity contribution < 1.29 is 14.3 Å². The van der Waals surface area contributed by atoms with Crippen molar-refractivity contribution in [3.05, 3.63) is 0 Å². The molecule has 0 bridgehead atoms. The van der Waals surface area contributed by atoms with Crippen molar-refractivity contribution in [3.8, 4) is 0 Å². The van der Waals surface area contributed by atoms with Gasteiger partial charge < -0.3 is 20.1 Å². The molecule has 1 atom stereocenters. The molecular formula is C11H24N2O3. The average molecular weight is 232 g/mol. The van der Waals surface area contributed by atoms with Crippen LogP contribution in [0.4, 0.5) is 0 Å². The summed E-state index contributed by atoms with van der Waals surface area (Å²) in [5.41, 5.74) is 0. The second-order valence-corrected chi connectivity index (χ2v) is 3.62. The molecule has 96 valence electrons. The summed E-state index contributed by atoms with van der Waals surface area (Å²) in [5, 5.41) is 5.99. The number of hydrogen-bond acceptors (Lipinski definition) is 4. The molecular weight excluding hydrogens is 208 g/mol. The van der Waals surface area contributed by atoms with Gasteiger partial charge in [-0.15, -0.1) is 0 Å². The molecule has 0 rings (SSSR count). The Morgan fingerprint density at radius 2 is 2.06 bits per heavy atom. The van der Waals surface area contributed by atoms with Crippen molar-refractivity contribution in [1.82, 2.24) is 10.6 Å². The van der Waals surface area contributed by atoms with Crippen LogP contribution in [0.2, 0.25) is 0 Å². The first kappa shape index (κ1) is 15.3. The van der Waals surface area contributed by atoms with E-state index in [4.69, 9.17) is 9.47 Å². The Morgan fingerprint density at radius 1 is 1.31 bits per heavy atom. The Bertz CT molecular complexity index is 177. The van der Waals surface area contributed by atoms with E-state index in [-0.39, 0.29) is 11.9 Å². The van der Waals surface area contributed by atoms with Gasteiger partial charge in [-0.1, -0.05) is 6.92 Å². The topological polar surface area (TPSA) is 59.6 Å². The molecule has 16 heavy (non-hydrogen) atoms. The zero-order chi connectivity index (χ0) is 12.2. The van der Waals surface area contributed by atoms with Crippen LogP contribution in [0.15, 0.2) is 0 Å². The van der Waals surface area contributed by atoms with Crippen LogP contribution in [0.1, 0.15) is 20.3 Å². The minimum Gasteiger partial charge on any atom is -0.382 e. The first-order valence-corrected chi connectivity index (χ1v) is 5.77. The van der Waals surface area contributed by atoms with Crippen LogP contribution in [0.5, 0.6) is 0 Å². The Balaban J connectivity index is 3.30. The number of ether oxygens (including phenoxy) is 2. The molecule has 0 fully saturated rings. The molecule has 1 amide bonds. The monoisotopic (exact) mass is 232 g/mol. The van der Waals surface area contributed by atoms with Crippen molar-refractivity contribution in [1.29, 1.82) is 0 Å². The van der Waals surface area contributed by atoms with E-state index in [9.17, 15) is 4.79 Å². The highest BCUT2D eigenvalue weighted by atomic mass is 16.5.